The lowest BCUT2D eigenvalue weighted by atomic mass is 10.0. The van der Waals surface area contributed by atoms with E-state index in [2.05, 4.69) is 25.6 Å². The molecule has 5 heterocycles. The van der Waals surface area contributed by atoms with Crippen molar-refractivity contribution in [2.75, 3.05) is 0 Å². The Kier molecular flexibility index (Phi) is 7.12. The molecule has 0 bridgehead atoms. The molecule has 0 fully saturated rings. The number of halogens is 6. The van der Waals surface area contributed by atoms with Crippen molar-refractivity contribution >= 4 is 23.2 Å². The highest BCUT2D eigenvalue weighted by Gasteiger charge is 2.27. The van der Waals surface area contributed by atoms with Crippen LogP contribution in [0.3, 0.4) is 0 Å². The average molecular weight is 619 g/mol. The van der Waals surface area contributed by atoms with Crippen LogP contribution in [0.25, 0.3) is 28.1 Å². The zero-order valence-electron chi connectivity index (χ0n) is 20.9. The summed E-state index contributed by atoms with van der Waals surface area (Å²) in [5.41, 5.74) is 0.853. The fourth-order valence-corrected chi connectivity index (χ4v) is 4.82. The standard InChI is InChI=1S/C25H16Cl2F4N10O/c26-17-2-4-20(39-13-22(27)35-36-39)23(24(17)29)14-1-3-19(40(42)10-14)21(12-37-11-16(28)8-33-37)38-9-15(7-34-38)18-5-6-32-41(18)25(30)31/h1-11,13,21,25H,12H2/t21-/m1/s1. The number of benzene rings is 1. The first-order valence-electron chi connectivity index (χ1n) is 12.0. The van der Waals surface area contributed by atoms with E-state index in [1.165, 1.54) is 69.2 Å². The molecular formula is C25H16Cl2F4N10O. The van der Waals surface area contributed by atoms with Crippen LogP contribution in [0.15, 0.2) is 73.7 Å². The number of hydrogen-bond donors (Lipinski definition) is 0. The van der Waals surface area contributed by atoms with Gasteiger partial charge in [-0.25, -0.2) is 18.1 Å². The van der Waals surface area contributed by atoms with Crippen molar-refractivity contribution in [1.29, 1.82) is 0 Å². The van der Waals surface area contributed by atoms with E-state index in [1.807, 2.05) is 0 Å². The van der Waals surface area contributed by atoms with Gasteiger partial charge in [0.1, 0.15) is 0 Å². The van der Waals surface area contributed by atoms with Gasteiger partial charge in [0.2, 0.25) is 5.69 Å². The molecule has 0 unspecified atom stereocenters. The Labute approximate surface area is 243 Å². The third kappa shape index (κ3) is 5.07. The Morgan fingerprint density at radius 3 is 2.45 bits per heavy atom. The molecule has 6 aromatic rings. The quantitative estimate of drug-likeness (QED) is 0.133. The van der Waals surface area contributed by atoms with E-state index in [9.17, 15) is 18.4 Å². The van der Waals surface area contributed by atoms with Crippen LogP contribution in [0.5, 0.6) is 0 Å². The van der Waals surface area contributed by atoms with Crippen molar-refractivity contribution in [3.05, 3.63) is 106 Å². The highest BCUT2D eigenvalue weighted by Crippen LogP contribution is 2.34. The molecule has 214 valence electrons. The maximum Gasteiger partial charge on any atom is 0.333 e. The monoisotopic (exact) mass is 618 g/mol. The normalized spacial score (nSPS) is 12.4. The summed E-state index contributed by atoms with van der Waals surface area (Å²) in [5, 5.41) is 32.8. The van der Waals surface area contributed by atoms with E-state index in [-0.39, 0.29) is 44.9 Å². The van der Waals surface area contributed by atoms with Crippen LogP contribution < -0.4 is 4.73 Å². The molecule has 11 nitrogen and oxygen atoms in total. The van der Waals surface area contributed by atoms with Gasteiger partial charge in [0.25, 0.3) is 0 Å². The van der Waals surface area contributed by atoms with Gasteiger partial charge in [0, 0.05) is 24.0 Å². The first-order valence-corrected chi connectivity index (χ1v) is 12.8. The fraction of sp³-hybridized carbons (Fsp3) is 0.120. The third-order valence-electron chi connectivity index (χ3n) is 6.39. The molecule has 0 aliphatic rings. The molecule has 0 aliphatic carbocycles. The second-order valence-electron chi connectivity index (χ2n) is 8.95. The summed E-state index contributed by atoms with van der Waals surface area (Å²) in [6.07, 6.45) is 8.65. The van der Waals surface area contributed by atoms with Crippen LogP contribution >= 0.6 is 23.2 Å². The molecule has 0 amide bonds. The molecule has 42 heavy (non-hydrogen) atoms. The van der Waals surface area contributed by atoms with Crippen LogP contribution in [-0.2, 0) is 6.54 Å². The van der Waals surface area contributed by atoms with Gasteiger partial charge in [0.05, 0.1) is 58.9 Å². The molecule has 0 spiro atoms. The van der Waals surface area contributed by atoms with Crippen LogP contribution in [0.4, 0.5) is 17.6 Å². The number of rotatable bonds is 8. The molecule has 5 aromatic heterocycles. The SMILES string of the molecule is [O-][n+]1cc(-c2c(-n3cc(Cl)nn3)ccc(Cl)c2F)ccc1[C@@H](Cn1cc(F)cn1)n1cc(-c2ccnn2C(F)F)cn1. The molecule has 17 heteroatoms. The summed E-state index contributed by atoms with van der Waals surface area (Å²) in [4.78, 5) is 0. The minimum atomic E-state index is -2.89. The second-order valence-corrected chi connectivity index (χ2v) is 9.75. The van der Waals surface area contributed by atoms with Gasteiger partial charge in [-0.15, -0.1) is 5.10 Å². The fourth-order valence-electron chi connectivity index (χ4n) is 4.53. The minimum Gasteiger partial charge on any atom is -0.618 e. The summed E-state index contributed by atoms with van der Waals surface area (Å²) >= 11 is 12.0. The summed E-state index contributed by atoms with van der Waals surface area (Å²) in [6.45, 7) is -2.95. The highest BCUT2D eigenvalue weighted by molar-refractivity contribution is 6.31. The number of alkyl halides is 2. The van der Waals surface area contributed by atoms with Gasteiger partial charge in [-0.1, -0.05) is 28.4 Å². The van der Waals surface area contributed by atoms with E-state index < -0.39 is 24.2 Å². The average Bonchev–Trinajstić information content (AvgIpc) is 3.76. The smallest absolute Gasteiger partial charge is 0.333 e. The summed E-state index contributed by atoms with van der Waals surface area (Å²) in [6, 6.07) is 6.26. The molecule has 0 saturated heterocycles. The highest BCUT2D eigenvalue weighted by atomic mass is 35.5. The lowest BCUT2D eigenvalue weighted by Gasteiger charge is -2.18. The molecule has 1 aromatic carbocycles. The molecule has 1 atom stereocenters. The topological polar surface area (TPSA) is 111 Å². The number of aromatic nitrogens is 10. The molecule has 0 saturated carbocycles. The van der Waals surface area contributed by atoms with Crippen molar-refractivity contribution in [3.8, 4) is 28.1 Å². The molecular weight excluding hydrogens is 603 g/mol. The maximum absolute atomic E-state index is 15.4. The molecule has 0 aliphatic heterocycles. The lowest BCUT2D eigenvalue weighted by Crippen LogP contribution is -2.37. The Balaban J connectivity index is 1.43. The summed E-state index contributed by atoms with van der Waals surface area (Å²) in [5.74, 6) is -1.40. The van der Waals surface area contributed by atoms with Gasteiger partial charge >= 0.3 is 6.55 Å². The number of nitrogens with zero attached hydrogens (tertiary/aromatic N) is 10. The summed E-state index contributed by atoms with van der Waals surface area (Å²) in [7, 11) is 0. The Morgan fingerprint density at radius 1 is 0.929 bits per heavy atom. The van der Waals surface area contributed by atoms with E-state index in [0.717, 1.165) is 18.6 Å². The van der Waals surface area contributed by atoms with Crippen molar-refractivity contribution in [2.24, 2.45) is 0 Å². The van der Waals surface area contributed by atoms with Gasteiger partial charge in [-0.05, 0) is 24.3 Å². The molecule has 0 radical (unpaired) electrons. The van der Waals surface area contributed by atoms with Crippen molar-refractivity contribution in [2.45, 2.75) is 19.1 Å². The van der Waals surface area contributed by atoms with Gasteiger partial charge < -0.3 is 5.21 Å². The third-order valence-corrected chi connectivity index (χ3v) is 6.86. The van der Waals surface area contributed by atoms with Gasteiger partial charge in [0.15, 0.2) is 29.0 Å². The van der Waals surface area contributed by atoms with E-state index in [4.69, 9.17) is 23.2 Å². The predicted octanol–water partition coefficient (Wildman–Crippen LogP) is 5.09. The minimum absolute atomic E-state index is 0.0347. The van der Waals surface area contributed by atoms with Crippen molar-refractivity contribution in [1.82, 2.24) is 44.3 Å². The van der Waals surface area contributed by atoms with Crippen molar-refractivity contribution in [3.63, 3.8) is 0 Å². The van der Waals surface area contributed by atoms with Crippen LogP contribution in [0, 0.1) is 16.8 Å². The maximum atomic E-state index is 15.4. The largest absolute Gasteiger partial charge is 0.618 e. The number of hydrogen-bond acceptors (Lipinski definition) is 6. The lowest BCUT2D eigenvalue weighted by molar-refractivity contribution is -0.615. The Morgan fingerprint density at radius 2 is 1.76 bits per heavy atom. The molecule has 6 rings (SSSR count). The van der Waals surface area contributed by atoms with E-state index in [0.29, 0.717) is 15.0 Å². The van der Waals surface area contributed by atoms with Crippen molar-refractivity contribution < 1.29 is 22.3 Å². The Bertz CT molecular complexity index is 1900. The van der Waals surface area contributed by atoms with Gasteiger partial charge in [-0.3, -0.25) is 9.36 Å². The number of pyridine rings is 1. The first-order chi connectivity index (χ1) is 20.2. The van der Waals surface area contributed by atoms with Crippen LogP contribution in [0.2, 0.25) is 10.2 Å². The first kappa shape index (κ1) is 27.4. The van der Waals surface area contributed by atoms with Crippen LogP contribution in [-0.4, -0.2) is 44.3 Å². The zero-order chi connectivity index (χ0) is 29.5. The van der Waals surface area contributed by atoms with Gasteiger partial charge in [-0.2, -0.15) is 28.8 Å². The second kappa shape index (κ2) is 10.9. The predicted molar refractivity (Wildman–Crippen MR) is 141 cm³/mol. The van der Waals surface area contributed by atoms with Crippen LogP contribution in [0.1, 0.15) is 18.3 Å². The molecule has 0 N–H and O–H groups in total. The summed E-state index contributed by atoms with van der Waals surface area (Å²) < 4.78 is 60.8. The van der Waals surface area contributed by atoms with E-state index in [1.54, 1.807) is 0 Å². The zero-order valence-corrected chi connectivity index (χ0v) is 22.5. The van der Waals surface area contributed by atoms with E-state index >= 15 is 4.39 Å². The Hall–Kier alpha value is -4.76.